The number of hydrogen-bond donors (Lipinski definition) is 0. The second-order valence-corrected chi connectivity index (χ2v) is 6.30. The van der Waals surface area contributed by atoms with Crippen LogP contribution in [0.5, 0.6) is 0 Å². The molecule has 0 bridgehead atoms. The number of nitrogens with zero attached hydrogens (tertiary/aromatic N) is 3. The van der Waals surface area contributed by atoms with Crippen LogP contribution in [0.1, 0.15) is 11.3 Å². The second-order valence-electron chi connectivity index (χ2n) is 6.30. The summed E-state index contributed by atoms with van der Waals surface area (Å²) >= 11 is 0. The summed E-state index contributed by atoms with van der Waals surface area (Å²) in [5.41, 5.74) is 1.36. The summed E-state index contributed by atoms with van der Waals surface area (Å²) in [5.74, 6) is -0.438. The highest BCUT2D eigenvalue weighted by molar-refractivity contribution is 5.70. The molecule has 0 radical (unpaired) electrons. The van der Waals surface area contributed by atoms with Gasteiger partial charge in [0.25, 0.3) is 0 Å². The summed E-state index contributed by atoms with van der Waals surface area (Å²) in [6.45, 7) is 0.682. The normalized spacial score (nSPS) is 14.0. The van der Waals surface area contributed by atoms with E-state index in [9.17, 15) is 17.6 Å². The van der Waals surface area contributed by atoms with Gasteiger partial charge in [-0.25, -0.2) is 9.07 Å². The summed E-state index contributed by atoms with van der Waals surface area (Å²) in [5, 5.41) is 3.73. The van der Waals surface area contributed by atoms with Gasteiger partial charge in [0, 0.05) is 19.2 Å². The number of benzene rings is 2. The van der Waals surface area contributed by atoms with Gasteiger partial charge in [0.2, 0.25) is 0 Å². The van der Waals surface area contributed by atoms with Gasteiger partial charge in [0.05, 0.1) is 17.1 Å². The fraction of sp³-hybridized carbons (Fsp3) is 0.211. The number of para-hydroxylation sites is 1. The van der Waals surface area contributed by atoms with Crippen LogP contribution in [0.3, 0.4) is 0 Å². The largest absolute Gasteiger partial charge is 0.435 e. The van der Waals surface area contributed by atoms with Crippen molar-refractivity contribution < 1.29 is 17.6 Å². The topological polar surface area (TPSA) is 21.1 Å². The van der Waals surface area contributed by atoms with Crippen molar-refractivity contribution in [1.82, 2.24) is 9.78 Å². The molecule has 0 atom stereocenters. The molecule has 4 rings (SSSR count). The standard InChI is InChI=1S/C19H15F4N3/c1-25-8-7-12-9-13(10-15(20)18(12)25)16-11-17(19(21,22)23)24-26(16)14-5-3-2-4-6-14/h2-6,9-11H,7-8H2,1H3. The summed E-state index contributed by atoms with van der Waals surface area (Å²) in [4.78, 5) is 1.81. The molecule has 0 saturated heterocycles. The van der Waals surface area contributed by atoms with Gasteiger partial charge >= 0.3 is 6.18 Å². The van der Waals surface area contributed by atoms with Crippen LogP contribution < -0.4 is 4.90 Å². The lowest BCUT2D eigenvalue weighted by Gasteiger charge is -2.14. The van der Waals surface area contributed by atoms with Crippen LogP contribution in [0.25, 0.3) is 16.9 Å². The van der Waals surface area contributed by atoms with Crippen LogP contribution in [0, 0.1) is 5.82 Å². The maximum atomic E-state index is 14.6. The molecule has 3 aromatic rings. The van der Waals surface area contributed by atoms with E-state index in [1.165, 1.54) is 10.7 Å². The number of fused-ring (bicyclic) bond motifs is 1. The van der Waals surface area contributed by atoms with Crippen LogP contribution in [-0.2, 0) is 12.6 Å². The summed E-state index contributed by atoms with van der Waals surface area (Å²) < 4.78 is 55.4. The third-order valence-corrected chi connectivity index (χ3v) is 4.54. The number of likely N-dealkylation sites (N-methyl/N-ethyl adjacent to an activating group) is 1. The quantitative estimate of drug-likeness (QED) is 0.618. The van der Waals surface area contributed by atoms with Gasteiger partial charge in [0.15, 0.2) is 5.69 Å². The number of halogens is 4. The van der Waals surface area contributed by atoms with E-state index in [4.69, 9.17) is 0 Å². The molecular weight excluding hydrogens is 346 g/mol. The summed E-state index contributed by atoms with van der Waals surface area (Å²) in [7, 11) is 1.80. The van der Waals surface area contributed by atoms with Crippen LogP contribution >= 0.6 is 0 Å². The molecule has 0 fully saturated rings. The third kappa shape index (κ3) is 2.73. The zero-order valence-corrected chi connectivity index (χ0v) is 13.9. The molecule has 0 aliphatic carbocycles. The summed E-state index contributed by atoms with van der Waals surface area (Å²) in [6, 6.07) is 12.5. The van der Waals surface area contributed by atoms with E-state index in [1.807, 2.05) is 4.90 Å². The van der Waals surface area contributed by atoms with Crippen molar-refractivity contribution in [2.24, 2.45) is 0 Å². The van der Waals surface area contributed by atoms with Crippen LogP contribution in [0.2, 0.25) is 0 Å². The van der Waals surface area contributed by atoms with Gasteiger partial charge in [0.1, 0.15) is 5.82 Å². The Morgan fingerprint density at radius 2 is 1.77 bits per heavy atom. The van der Waals surface area contributed by atoms with Crippen molar-refractivity contribution >= 4 is 5.69 Å². The molecule has 0 N–H and O–H groups in total. The zero-order valence-electron chi connectivity index (χ0n) is 13.9. The first kappa shape index (κ1) is 16.6. The smallest absolute Gasteiger partial charge is 0.372 e. The zero-order chi connectivity index (χ0) is 18.5. The molecule has 1 aromatic heterocycles. The second kappa shape index (κ2) is 5.86. The molecule has 0 amide bonds. The Balaban J connectivity index is 1.92. The fourth-order valence-electron chi connectivity index (χ4n) is 3.31. The molecule has 1 aliphatic rings. The molecule has 3 nitrogen and oxygen atoms in total. The van der Waals surface area contributed by atoms with Crippen molar-refractivity contribution in [3.8, 4) is 16.9 Å². The molecule has 0 saturated carbocycles. The average Bonchev–Trinajstić information content (AvgIpc) is 3.20. The van der Waals surface area contributed by atoms with E-state index < -0.39 is 17.7 Å². The molecule has 2 aromatic carbocycles. The maximum absolute atomic E-state index is 14.6. The van der Waals surface area contributed by atoms with Crippen LogP contribution in [0.15, 0.2) is 48.5 Å². The minimum atomic E-state index is -4.58. The molecular formula is C19H15F4N3. The Morgan fingerprint density at radius 3 is 2.46 bits per heavy atom. The highest BCUT2D eigenvalue weighted by Crippen LogP contribution is 2.37. The SMILES string of the molecule is CN1CCc2cc(-c3cc(C(F)(F)F)nn3-c3ccccc3)cc(F)c21. The van der Waals surface area contributed by atoms with Gasteiger partial charge < -0.3 is 4.90 Å². The molecule has 134 valence electrons. The van der Waals surface area contributed by atoms with E-state index >= 15 is 0 Å². The van der Waals surface area contributed by atoms with E-state index in [0.717, 1.165) is 11.6 Å². The number of hydrogen-bond acceptors (Lipinski definition) is 2. The predicted molar refractivity (Wildman–Crippen MR) is 90.9 cm³/mol. The molecule has 26 heavy (non-hydrogen) atoms. The van der Waals surface area contributed by atoms with Crippen molar-refractivity contribution in [2.45, 2.75) is 12.6 Å². The lowest BCUT2D eigenvalue weighted by atomic mass is 10.0. The Bertz CT molecular complexity index is 961. The molecule has 0 spiro atoms. The highest BCUT2D eigenvalue weighted by Gasteiger charge is 2.35. The van der Waals surface area contributed by atoms with Crippen LogP contribution in [-0.4, -0.2) is 23.4 Å². The Kier molecular flexibility index (Phi) is 3.75. The molecule has 7 heteroatoms. The first-order valence-electron chi connectivity index (χ1n) is 8.11. The van der Waals surface area contributed by atoms with Gasteiger partial charge in [-0.2, -0.15) is 18.3 Å². The van der Waals surface area contributed by atoms with Gasteiger partial charge in [-0.05, 0) is 42.3 Å². The van der Waals surface area contributed by atoms with Gasteiger partial charge in [-0.3, -0.25) is 0 Å². The Hall–Kier alpha value is -2.83. The maximum Gasteiger partial charge on any atom is 0.435 e. The van der Waals surface area contributed by atoms with E-state index in [2.05, 4.69) is 5.10 Å². The lowest BCUT2D eigenvalue weighted by molar-refractivity contribution is -0.141. The minimum absolute atomic E-state index is 0.208. The fourth-order valence-corrected chi connectivity index (χ4v) is 3.31. The van der Waals surface area contributed by atoms with E-state index in [0.29, 0.717) is 29.9 Å². The van der Waals surface area contributed by atoms with Gasteiger partial charge in [-0.1, -0.05) is 18.2 Å². The summed E-state index contributed by atoms with van der Waals surface area (Å²) in [6.07, 6.45) is -3.92. The highest BCUT2D eigenvalue weighted by atomic mass is 19.4. The molecule has 2 heterocycles. The first-order chi connectivity index (χ1) is 12.3. The number of aromatic nitrogens is 2. The van der Waals surface area contributed by atoms with Crippen molar-refractivity contribution in [1.29, 1.82) is 0 Å². The van der Waals surface area contributed by atoms with Crippen molar-refractivity contribution in [2.75, 3.05) is 18.5 Å². The Labute approximate surface area is 147 Å². The van der Waals surface area contributed by atoms with Crippen molar-refractivity contribution in [3.63, 3.8) is 0 Å². The monoisotopic (exact) mass is 361 g/mol. The van der Waals surface area contributed by atoms with Gasteiger partial charge in [-0.15, -0.1) is 0 Å². The number of anilines is 1. The number of rotatable bonds is 2. The molecule has 0 unspecified atom stereocenters. The lowest BCUT2D eigenvalue weighted by Crippen LogP contribution is -2.13. The average molecular weight is 361 g/mol. The van der Waals surface area contributed by atoms with Crippen LogP contribution in [0.4, 0.5) is 23.2 Å². The third-order valence-electron chi connectivity index (χ3n) is 4.54. The predicted octanol–water partition coefficient (Wildman–Crippen LogP) is 4.69. The van der Waals surface area contributed by atoms with E-state index in [1.54, 1.807) is 43.4 Å². The Morgan fingerprint density at radius 1 is 1.04 bits per heavy atom. The van der Waals surface area contributed by atoms with Crippen molar-refractivity contribution in [3.05, 3.63) is 65.6 Å². The number of alkyl halides is 3. The minimum Gasteiger partial charge on any atom is -0.372 e. The molecule has 1 aliphatic heterocycles. The first-order valence-corrected chi connectivity index (χ1v) is 8.11. The van der Waals surface area contributed by atoms with E-state index in [-0.39, 0.29) is 5.69 Å².